The Kier molecular flexibility index (Phi) is 6.04. The second-order valence-electron chi connectivity index (χ2n) is 8.93. The fourth-order valence-electron chi connectivity index (χ4n) is 5.24. The van der Waals surface area contributed by atoms with Gasteiger partial charge in [0.25, 0.3) is 0 Å². The largest absolute Gasteiger partial charge is 0.496 e. The monoisotopic (exact) mass is 434 g/mol. The van der Waals surface area contributed by atoms with Crippen LogP contribution in [0.25, 0.3) is 0 Å². The first-order chi connectivity index (χ1) is 15.4. The lowest BCUT2D eigenvalue weighted by atomic mass is 9.75. The van der Waals surface area contributed by atoms with E-state index in [1.165, 1.54) is 25.3 Å². The molecule has 2 heterocycles. The minimum atomic E-state index is -1.23. The zero-order chi connectivity index (χ0) is 22.9. The lowest BCUT2D eigenvalue weighted by Crippen LogP contribution is -2.45. The molecule has 2 saturated heterocycles. The molecule has 168 valence electrons. The Hall–Kier alpha value is -3.15. The van der Waals surface area contributed by atoms with Crippen LogP contribution in [0.3, 0.4) is 0 Å². The number of carbonyl (C=O) groups is 3. The van der Waals surface area contributed by atoms with Gasteiger partial charge in [-0.05, 0) is 37.0 Å². The standard InChI is InChI=1S/C26H30N2O4/c1-18-9-4-5-11-20(18)19-10-8-14-28(17-19)24(30)16-26(15-23(29)27(2)25(26)31)21-12-6-7-13-22(21)32-3/h4-7,9,11-13,19H,8,10,14-17H2,1-3H3/t19-,26+/m1/s1. The second kappa shape index (κ2) is 8.77. The maximum absolute atomic E-state index is 13.6. The van der Waals surface area contributed by atoms with Gasteiger partial charge in [0.2, 0.25) is 17.7 Å². The topological polar surface area (TPSA) is 66.9 Å². The number of likely N-dealkylation sites (N-methyl/N-ethyl adjacent to an activating group) is 1. The van der Waals surface area contributed by atoms with Crippen LogP contribution in [-0.2, 0) is 19.8 Å². The summed E-state index contributed by atoms with van der Waals surface area (Å²) in [5, 5.41) is 0. The van der Waals surface area contributed by atoms with Crippen molar-refractivity contribution < 1.29 is 19.1 Å². The highest BCUT2D eigenvalue weighted by atomic mass is 16.5. The molecule has 6 nitrogen and oxygen atoms in total. The predicted octanol–water partition coefficient (Wildman–Crippen LogP) is 3.43. The van der Waals surface area contributed by atoms with Crippen molar-refractivity contribution in [1.82, 2.24) is 9.80 Å². The number of methoxy groups -OCH3 is 1. The Labute approximate surface area is 189 Å². The summed E-state index contributed by atoms with van der Waals surface area (Å²) in [6, 6.07) is 15.5. The summed E-state index contributed by atoms with van der Waals surface area (Å²) in [5.74, 6) is 0.0940. The molecule has 0 aromatic heterocycles. The summed E-state index contributed by atoms with van der Waals surface area (Å²) in [4.78, 5) is 42.4. The van der Waals surface area contributed by atoms with E-state index in [-0.39, 0.29) is 36.5 Å². The molecule has 2 aliphatic rings. The molecular formula is C26H30N2O4. The molecule has 0 aliphatic carbocycles. The SMILES string of the molecule is COc1ccccc1[C@@]1(CC(=O)N2CCC[C@@H](c3ccccc3C)C2)CC(=O)N(C)C1=O. The van der Waals surface area contributed by atoms with Crippen molar-refractivity contribution in [2.75, 3.05) is 27.2 Å². The van der Waals surface area contributed by atoms with Gasteiger partial charge >= 0.3 is 0 Å². The fraction of sp³-hybridized carbons (Fsp3) is 0.423. The van der Waals surface area contributed by atoms with Gasteiger partial charge in [-0.15, -0.1) is 0 Å². The predicted molar refractivity (Wildman–Crippen MR) is 121 cm³/mol. The molecule has 4 rings (SSSR count). The van der Waals surface area contributed by atoms with Gasteiger partial charge in [-0.3, -0.25) is 19.3 Å². The average Bonchev–Trinajstić information content (AvgIpc) is 3.03. The maximum Gasteiger partial charge on any atom is 0.240 e. The number of nitrogens with zero attached hydrogens (tertiary/aromatic N) is 2. The minimum Gasteiger partial charge on any atom is -0.496 e. The van der Waals surface area contributed by atoms with Crippen molar-refractivity contribution in [1.29, 1.82) is 0 Å². The van der Waals surface area contributed by atoms with E-state index in [0.717, 1.165) is 17.7 Å². The molecule has 6 heteroatoms. The van der Waals surface area contributed by atoms with Gasteiger partial charge in [0.1, 0.15) is 5.75 Å². The van der Waals surface area contributed by atoms with E-state index >= 15 is 0 Å². The molecule has 2 fully saturated rings. The summed E-state index contributed by atoms with van der Waals surface area (Å²) >= 11 is 0. The minimum absolute atomic E-state index is 0.0243. The molecule has 32 heavy (non-hydrogen) atoms. The van der Waals surface area contributed by atoms with Crippen LogP contribution in [0.5, 0.6) is 5.75 Å². The normalized spacial score (nSPS) is 23.5. The summed E-state index contributed by atoms with van der Waals surface area (Å²) in [6.07, 6.45) is 1.89. The first kappa shape index (κ1) is 22.1. The van der Waals surface area contributed by atoms with E-state index in [1.807, 2.05) is 29.2 Å². The number of rotatable bonds is 5. The second-order valence-corrected chi connectivity index (χ2v) is 8.93. The third-order valence-electron chi connectivity index (χ3n) is 7.02. The van der Waals surface area contributed by atoms with Gasteiger partial charge in [-0.2, -0.15) is 0 Å². The van der Waals surface area contributed by atoms with Gasteiger partial charge in [0.15, 0.2) is 0 Å². The summed E-state index contributed by atoms with van der Waals surface area (Å²) in [5.41, 5.74) is 1.88. The number of benzene rings is 2. The van der Waals surface area contributed by atoms with Crippen molar-refractivity contribution in [3.05, 3.63) is 65.2 Å². The van der Waals surface area contributed by atoms with Crippen LogP contribution in [0.4, 0.5) is 0 Å². The molecule has 2 atom stereocenters. The number of imide groups is 1. The number of hydrogen-bond donors (Lipinski definition) is 0. The van der Waals surface area contributed by atoms with Crippen molar-refractivity contribution >= 4 is 17.7 Å². The van der Waals surface area contributed by atoms with Gasteiger partial charge in [-0.1, -0.05) is 42.5 Å². The Morgan fingerprint density at radius 3 is 2.53 bits per heavy atom. The molecule has 2 aromatic carbocycles. The van der Waals surface area contributed by atoms with Crippen LogP contribution >= 0.6 is 0 Å². The Morgan fingerprint density at radius 2 is 1.84 bits per heavy atom. The third kappa shape index (κ3) is 3.78. The Bertz CT molecular complexity index is 1050. The smallest absolute Gasteiger partial charge is 0.240 e. The highest BCUT2D eigenvalue weighted by Gasteiger charge is 2.54. The lowest BCUT2D eigenvalue weighted by molar-refractivity contribution is -0.142. The van der Waals surface area contributed by atoms with E-state index in [4.69, 9.17) is 4.74 Å². The van der Waals surface area contributed by atoms with Crippen LogP contribution in [0.2, 0.25) is 0 Å². The lowest BCUT2D eigenvalue weighted by Gasteiger charge is -2.36. The van der Waals surface area contributed by atoms with Gasteiger partial charge in [0, 0.05) is 44.5 Å². The molecule has 0 bridgehead atoms. The van der Waals surface area contributed by atoms with Gasteiger partial charge in [-0.25, -0.2) is 0 Å². The van der Waals surface area contributed by atoms with E-state index in [2.05, 4.69) is 19.1 Å². The van der Waals surface area contributed by atoms with Crippen LogP contribution < -0.4 is 4.74 Å². The number of aryl methyl sites for hydroxylation is 1. The Balaban J connectivity index is 1.63. The number of amides is 3. The molecule has 0 radical (unpaired) electrons. The van der Waals surface area contributed by atoms with Crippen molar-refractivity contribution in [2.24, 2.45) is 0 Å². The zero-order valence-electron chi connectivity index (χ0n) is 19.0. The number of ether oxygens (including phenoxy) is 1. The van der Waals surface area contributed by atoms with Gasteiger partial charge in [0.05, 0.1) is 12.5 Å². The summed E-state index contributed by atoms with van der Waals surface area (Å²) in [6.45, 7) is 3.40. The number of hydrogen-bond acceptors (Lipinski definition) is 4. The number of likely N-dealkylation sites (tertiary alicyclic amines) is 2. The van der Waals surface area contributed by atoms with Crippen LogP contribution in [0.1, 0.15) is 48.3 Å². The molecule has 0 unspecified atom stereocenters. The van der Waals surface area contributed by atoms with E-state index in [0.29, 0.717) is 24.4 Å². The van der Waals surface area contributed by atoms with Crippen molar-refractivity contribution in [3.63, 3.8) is 0 Å². The van der Waals surface area contributed by atoms with E-state index < -0.39 is 5.41 Å². The molecule has 0 saturated carbocycles. The molecule has 2 aliphatic heterocycles. The highest BCUT2D eigenvalue weighted by Crippen LogP contribution is 2.44. The summed E-state index contributed by atoms with van der Waals surface area (Å²) < 4.78 is 5.51. The molecule has 3 amide bonds. The van der Waals surface area contributed by atoms with E-state index in [9.17, 15) is 14.4 Å². The quantitative estimate of drug-likeness (QED) is 0.677. The maximum atomic E-state index is 13.6. The third-order valence-corrected chi connectivity index (χ3v) is 7.02. The van der Waals surface area contributed by atoms with Crippen molar-refractivity contribution in [3.8, 4) is 5.75 Å². The zero-order valence-corrected chi connectivity index (χ0v) is 19.0. The fourth-order valence-corrected chi connectivity index (χ4v) is 5.24. The van der Waals surface area contributed by atoms with Crippen molar-refractivity contribution in [2.45, 2.75) is 43.9 Å². The van der Waals surface area contributed by atoms with Crippen LogP contribution in [-0.4, -0.2) is 54.8 Å². The molecule has 0 N–H and O–H groups in total. The van der Waals surface area contributed by atoms with Crippen LogP contribution in [0.15, 0.2) is 48.5 Å². The molecule has 2 aromatic rings. The average molecular weight is 435 g/mol. The summed E-state index contributed by atoms with van der Waals surface area (Å²) in [7, 11) is 3.03. The molecule has 0 spiro atoms. The number of para-hydroxylation sites is 1. The van der Waals surface area contributed by atoms with E-state index in [1.54, 1.807) is 12.1 Å². The number of carbonyl (C=O) groups excluding carboxylic acids is 3. The van der Waals surface area contributed by atoms with Gasteiger partial charge < -0.3 is 9.64 Å². The highest BCUT2D eigenvalue weighted by molar-refractivity contribution is 6.10. The van der Waals surface area contributed by atoms with Crippen LogP contribution in [0, 0.1) is 6.92 Å². The Morgan fingerprint density at radius 1 is 1.12 bits per heavy atom. The first-order valence-corrected chi connectivity index (χ1v) is 11.1. The molecular weight excluding hydrogens is 404 g/mol. The number of piperidine rings is 1. The first-order valence-electron chi connectivity index (χ1n) is 11.1.